The van der Waals surface area contributed by atoms with Crippen molar-refractivity contribution < 1.29 is 23.5 Å². The van der Waals surface area contributed by atoms with Gasteiger partial charge >= 0.3 is 0 Å². The van der Waals surface area contributed by atoms with E-state index in [1.165, 1.54) is 12.1 Å². The lowest BCUT2D eigenvalue weighted by Crippen LogP contribution is -2.36. The van der Waals surface area contributed by atoms with E-state index in [2.05, 4.69) is 10.6 Å². The molecule has 1 saturated heterocycles. The lowest BCUT2D eigenvalue weighted by atomic mass is 10.1. The van der Waals surface area contributed by atoms with E-state index in [9.17, 15) is 14.0 Å². The molecule has 174 valence electrons. The Morgan fingerprint density at radius 2 is 2.00 bits per heavy atom. The average molecular weight is 455 g/mol. The number of nitrogens with zero attached hydrogens (tertiary/aromatic N) is 2. The molecule has 0 spiro atoms. The number of hydrogen-bond acceptors (Lipinski definition) is 6. The fourth-order valence-corrected chi connectivity index (χ4v) is 3.78. The van der Waals surface area contributed by atoms with Crippen LogP contribution in [-0.2, 0) is 16.0 Å². The van der Waals surface area contributed by atoms with Crippen molar-refractivity contribution in [1.82, 2.24) is 10.2 Å². The minimum atomic E-state index is -0.593. The molecule has 3 rings (SSSR count). The van der Waals surface area contributed by atoms with E-state index < -0.39 is 11.7 Å². The van der Waals surface area contributed by atoms with E-state index in [1.807, 2.05) is 24.3 Å². The van der Waals surface area contributed by atoms with Gasteiger partial charge in [0, 0.05) is 32.6 Å². The van der Waals surface area contributed by atoms with Crippen LogP contribution in [0.5, 0.6) is 11.5 Å². The predicted molar refractivity (Wildman–Crippen MR) is 121 cm³/mol. The topological polar surface area (TPSA) is 104 Å². The van der Waals surface area contributed by atoms with Crippen LogP contribution in [0.1, 0.15) is 17.5 Å². The summed E-state index contributed by atoms with van der Waals surface area (Å²) in [5.74, 6) is 0.0290. The maximum atomic E-state index is 13.6. The van der Waals surface area contributed by atoms with Crippen LogP contribution >= 0.6 is 0 Å². The van der Waals surface area contributed by atoms with Crippen LogP contribution in [-0.4, -0.2) is 57.1 Å². The third kappa shape index (κ3) is 5.92. The molecular formula is C24H27FN4O4. The standard InChI is InChI=1S/C24H27FN4O4/c1-32-21-7-6-16(12-22(21)33-2)8-11-29-15-17(13-23(29)30)24(31)28-10-9-27-20-5-3-4-19(25)18(20)14-26/h3-7,12,17,27H,8-11,13,15H2,1-2H3,(H,28,31). The maximum absolute atomic E-state index is 13.6. The van der Waals surface area contributed by atoms with Gasteiger partial charge in [-0.25, -0.2) is 4.39 Å². The monoisotopic (exact) mass is 454 g/mol. The second-order valence-corrected chi connectivity index (χ2v) is 7.67. The molecule has 0 aromatic heterocycles. The van der Waals surface area contributed by atoms with Crippen molar-refractivity contribution in [2.75, 3.05) is 45.7 Å². The lowest BCUT2D eigenvalue weighted by Gasteiger charge is -2.17. The van der Waals surface area contributed by atoms with Crippen molar-refractivity contribution in [1.29, 1.82) is 5.26 Å². The van der Waals surface area contributed by atoms with Crippen molar-refractivity contribution in [3.63, 3.8) is 0 Å². The molecular weight excluding hydrogens is 427 g/mol. The van der Waals surface area contributed by atoms with Gasteiger partial charge in [-0.05, 0) is 36.2 Å². The van der Waals surface area contributed by atoms with Crippen LogP contribution in [0.3, 0.4) is 0 Å². The first kappa shape index (κ1) is 23.9. The van der Waals surface area contributed by atoms with E-state index >= 15 is 0 Å². The third-order valence-corrected chi connectivity index (χ3v) is 5.57. The van der Waals surface area contributed by atoms with Crippen LogP contribution in [0.25, 0.3) is 0 Å². The summed E-state index contributed by atoms with van der Waals surface area (Å²) >= 11 is 0. The van der Waals surface area contributed by atoms with Gasteiger partial charge in [0.05, 0.1) is 25.8 Å². The highest BCUT2D eigenvalue weighted by Gasteiger charge is 2.33. The number of halogens is 1. The van der Waals surface area contributed by atoms with Gasteiger partial charge in [0.15, 0.2) is 11.5 Å². The van der Waals surface area contributed by atoms with Crippen molar-refractivity contribution in [2.24, 2.45) is 5.92 Å². The van der Waals surface area contributed by atoms with Crippen molar-refractivity contribution in [3.05, 3.63) is 53.3 Å². The number of benzene rings is 2. The van der Waals surface area contributed by atoms with Gasteiger partial charge in [-0.1, -0.05) is 12.1 Å². The summed E-state index contributed by atoms with van der Waals surface area (Å²) in [6.45, 7) is 1.49. The first-order valence-electron chi connectivity index (χ1n) is 10.7. The average Bonchev–Trinajstić information content (AvgIpc) is 3.20. The summed E-state index contributed by atoms with van der Waals surface area (Å²) in [4.78, 5) is 26.6. The largest absolute Gasteiger partial charge is 0.493 e. The Bertz CT molecular complexity index is 1050. The number of likely N-dealkylation sites (tertiary alicyclic amines) is 1. The molecule has 0 radical (unpaired) electrons. The Kier molecular flexibility index (Phi) is 8.08. The number of hydrogen-bond donors (Lipinski definition) is 2. The van der Waals surface area contributed by atoms with E-state index in [0.717, 1.165) is 5.56 Å². The molecule has 1 heterocycles. The molecule has 1 unspecified atom stereocenters. The molecule has 8 nitrogen and oxygen atoms in total. The fraction of sp³-hybridized carbons (Fsp3) is 0.375. The van der Waals surface area contributed by atoms with Gasteiger partial charge < -0.3 is 25.0 Å². The zero-order valence-electron chi connectivity index (χ0n) is 18.7. The number of amides is 2. The highest BCUT2D eigenvalue weighted by molar-refractivity contribution is 5.89. The third-order valence-electron chi connectivity index (χ3n) is 5.57. The number of carbonyl (C=O) groups excluding carboxylic acids is 2. The SMILES string of the molecule is COc1ccc(CCN2CC(C(=O)NCCNc3cccc(F)c3C#N)CC2=O)cc1OC. The van der Waals surface area contributed by atoms with Crippen LogP contribution < -0.4 is 20.1 Å². The Balaban J connectivity index is 1.44. The fourth-order valence-electron chi connectivity index (χ4n) is 3.78. The summed E-state index contributed by atoms with van der Waals surface area (Å²) in [5.41, 5.74) is 1.33. The van der Waals surface area contributed by atoms with Crippen molar-refractivity contribution in [3.8, 4) is 17.6 Å². The van der Waals surface area contributed by atoms with Gasteiger partial charge in [-0.15, -0.1) is 0 Å². The molecule has 2 N–H and O–H groups in total. The van der Waals surface area contributed by atoms with Crippen molar-refractivity contribution in [2.45, 2.75) is 12.8 Å². The lowest BCUT2D eigenvalue weighted by molar-refractivity contribution is -0.129. The van der Waals surface area contributed by atoms with E-state index in [-0.39, 0.29) is 30.3 Å². The normalized spacial score (nSPS) is 15.2. The minimum Gasteiger partial charge on any atom is -0.493 e. The molecule has 0 aliphatic carbocycles. The molecule has 2 aromatic rings. The number of rotatable bonds is 10. The number of methoxy groups -OCH3 is 2. The summed E-state index contributed by atoms with van der Waals surface area (Å²) in [5, 5.41) is 14.8. The number of ether oxygens (including phenoxy) is 2. The smallest absolute Gasteiger partial charge is 0.225 e. The molecule has 1 aliphatic rings. The summed E-state index contributed by atoms with van der Waals surface area (Å²) in [7, 11) is 3.15. The molecule has 1 fully saturated rings. The van der Waals surface area contributed by atoms with Gasteiger partial charge in [0.1, 0.15) is 17.4 Å². The molecule has 1 aliphatic heterocycles. The molecule has 0 saturated carbocycles. The molecule has 1 atom stereocenters. The van der Waals surface area contributed by atoms with Crippen LogP contribution in [0.4, 0.5) is 10.1 Å². The molecule has 0 bridgehead atoms. The Morgan fingerprint density at radius 3 is 2.73 bits per heavy atom. The molecule has 33 heavy (non-hydrogen) atoms. The first-order valence-corrected chi connectivity index (χ1v) is 10.7. The Morgan fingerprint density at radius 1 is 1.21 bits per heavy atom. The van der Waals surface area contributed by atoms with E-state index in [0.29, 0.717) is 43.2 Å². The second-order valence-electron chi connectivity index (χ2n) is 7.67. The van der Waals surface area contributed by atoms with Crippen LogP contribution in [0, 0.1) is 23.1 Å². The highest BCUT2D eigenvalue weighted by Crippen LogP contribution is 2.28. The van der Waals surface area contributed by atoms with E-state index in [4.69, 9.17) is 14.7 Å². The highest BCUT2D eigenvalue weighted by atomic mass is 19.1. The molecule has 9 heteroatoms. The predicted octanol–water partition coefficient (Wildman–Crippen LogP) is 2.33. The minimum absolute atomic E-state index is 0.0489. The second kappa shape index (κ2) is 11.2. The van der Waals surface area contributed by atoms with Gasteiger partial charge in [-0.3, -0.25) is 9.59 Å². The van der Waals surface area contributed by atoms with Crippen molar-refractivity contribution >= 4 is 17.5 Å². The quantitative estimate of drug-likeness (QED) is 0.534. The molecule has 2 aromatic carbocycles. The maximum Gasteiger partial charge on any atom is 0.225 e. The Labute approximate surface area is 192 Å². The summed E-state index contributed by atoms with van der Waals surface area (Å²) in [6.07, 6.45) is 0.812. The number of anilines is 1. The van der Waals surface area contributed by atoms with Crippen LogP contribution in [0.15, 0.2) is 36.4 Å². The first-order chi connectivity index (χ1) is 16.0. The van der Waals surface area contributed by atoms with Gasteiger partial charge in [0.25, 0.3) is 0 Å². The zero-order chi connectivity index (χ0) is 23.8. The van der Waals surface area contributed by atoms with Gasteiger partial charge in [0.2, 0.25) is 11.8 Å². The summed E-state index contributed by atoms with van der Waals surface area (Å²) in [6, 6.07) is 11.8. The molecule has 2 amide bonds. The van der Waals surface area contributed by atoms with E-state index in [1.54, 1.807) is 25.2 Å². The number of carbonyl (C=O) groups is 2. The Hall–Kier alpha value is -3.80. The number of nitriles is 1. The summed E-state index contributed by atoms with van der Waals surface area (Å²) < 4.78 is 24.2. The zero-order valence-corrected chi connectivity index (χ0v) is 18.7. The number of nitrogens with one attached hydrogen (secondary N) is 2. The van der Waals surface area contributed by atoms with Gasteiger partial charge in [-0.2, -0.15) is 5.26 Å². The van der Waals surface area contributed by atoms with Crippen LogP contribution in [0.2, 0.25) is 0 Å².